The molecule has 0 amide bonds. The second kappa shape index (κ2) is 9.94. The summed E-state index contributed by atoms with van der Waals surface area (Å²) in [4.78, 5) is 7.27. The van der Waals surface area contributed by atoms with Gasteiger partial charge in [0.2, 0.25) is 0 Å². The third-order valence-electron chi connectivity index (χ3n) is 4.74. The van der Waals surface area contributed by atoms with Gasteiger partial charge in [0, 0.05) is 19.2 Å². The van der Waals surface area contributed by atoms with Crippen LogP contribution in [0.5, 0.6) is 0 Å². The highest BCUT2D eigenvalue weighted by Gasteiger charge is 2.18. The summed E-state index contributed by atoms with van der Waals surface area (Å²) in [6.45, 7) is 12.3. The quantitative estimate of drug-likeness (QED) is 0.405. The Labute approximate surface area is 163 Å². The minimum absolute atomic E-state index is 0.0155. The van der Waals surface area contributed by atoms with Crippen LogP contribution in [-0.4, -0.2) is 33.3 Å². The molecular formula is C22H32ClN3. The molecule has 26 heavy (non-hydrogen) atoms. The number of fused-ring (bicyclic) bond motifs is 1. The molecule has 0 aliphatic carbocycles. The van der Waals surface area contributed by atoms with Crippen molar-refractivity contribution >= 4 is 17.2 Å². The third kappa shape index (κ3) is 5.46. The average molecular weight is 374 g/mol. The second-order valence-corrected chi connectivity index (χ2v) is 7.91. The number of rotatable bonds is 10. The highest BCUT2D eigenvalue weighted by Crippen LogP contribution is 2.23. The standard InChI is InChI=1S/C22H32ClN3/c1-6-10-19(23)18(7-2)15-21-20(16-25(5)14-12-17(3)4)24-22-11-8-9-13-26(21)22/h6-9,11,13,17,19H,1,10,12,14-16H2,2-5H3/b18-7-. The molecule has 2 aromatic heterocycles. The number of hydrogen-bond acceptors (Lipinski definition) is 2. The molecule has 3 nitrogen and oxygen atoms in total. The number of aromatic nitrogens is 2. The predicted molar refractivity (Wildman–Crippen MR) is 113 cm³/mol. The number of halogens is 1. The van der Waals surface area contributed by atoms with Gasteiger partial charge in [0.05, 0.1) is 16.8 Å². The molecular weight excluding hydrogens is 342 g/mol. The van der Waals surface area contributed by atoms with E-state index in [9.17, 15) is 0 Å². The molecule has 2 heterocycles. The lowest BCUT2D eigenvalue weighted by molar-refractivity contribution is 0.300. The first-order valence-electron chi connectivity index (χ1n) is 9.49. The zero-order chi connectivity index (χ0) is 19.1. The Morgan fingerprint density at radius 3 is 2.81 bits per heavy atom. The van der Waals surface area contributed by atoms with Crippen LogP contribution >= 0.6 is 11.6 Å². The zero-order valence-electron chi connectivity index (χ0n) is 16.6. The summed E-state index contributed by atoms with van der Waals surface area (Å²) in [5, 5.41) is -0.0155. The van der Waals surface area contributed by atoms with Crippen molar-refractivity contribution in [3.63, 3.8) is 0 Å². The first-order chi connectivity index (χ1) is 12.5. The van der Waals surface area contributed by atoms with Crippen LogP contribution < -0.4 is 0 Å². The maximum absolute atomic E-state index is 6.58. The van der Waals surface area contributed by atoms with Gasteiger partial charge in [0.1, 0.15) is 5.65 Å². The Balaban J connectivity index is 2.29. The smallest absolute Gasteiger partial charge is 0.137 e. The minimum atomic E-state index is -0.0155. The molecule has 2 rings (SSSR count). The molecule has 1 atom stereocenters. The van der Waals surface area contributed by atoms with E-state index in [-0.39, 0.29) is 5.38 Å². The molecule has 0 fully saturated rings. The lowest BCUT2D eigenvalue weighted by Crippen LogP contribution is -2.21. The summed E-state index contributed by atoms with van der Waals surface area (Å²) in [6.07, 6.45) is 8.91. The summed E-state index contributed by atoms with van der Waals surface area (Å²) in [5.41, 5.74) is 4.60. The minimum Gasteiger partial charge on any atom is -0.303 e. The molecule has 0 spiro atoms. The van der Waals surface area contributed by atoms with Crippen LogP contribution in [0.1, 0.15) is 45.0 Å². The number of imidazole rings is 1. The lowest BCUT2D eigenvalue weighted by Gasteiger charge is -2.18. The van der Waals surface area contributed by atoms with E-state index in [4.69, 9.17) is 16.6 Å². The van der Waals surface area contributed by atoms with E-state index in [1.807, 2.05) is 12.1 Å². The molecule has 4 heteroatoms. The molecule has 0 saturated carbocycles. The summed E-state index contributed by atoms with van der Waals surface area (Å²) in [6, 6.07) is 6.16. The van der Waals surface area contributed by atoms with Gasteiger partial charge in [0.15, 0.2) is 0 Å². The van der Waals surface area contributed by atoms with Crippen molar-refractivity contribution in [2.24, 2.45) is 5.92 Å². The molecule has 0 aliphatic rings. The maximum atomic E-state index is 6.58. The molecule has 0 aromatic carbocycles. The Kier molecular flexibility index (Phi) is 7.92. The summed E-state index contributed by atoms with van der Waals surface area (Å²) >= 11 is 6.58. The van der Waals surface area contributed by atoms with Gasteiger partial charge >= 0.3 is 0 Å². The molecule has 0 bridgehead atoms. The fraction of sp³-hybridized carbons (Fsp3) is 0.500. The van der Waals surface area contributed by atoms with Gasteiger partial charge in [-0.15, -0.1) is 18.2 Å². The largest absolute Gasteiger partial charge is 0.303 e. The van der Waals surface area contributed by atoms with Crippen molar-refractivity contribution in [3.05, 3.63) is 60.1 Å². The van der Waals surface area contributed by atoms with Crippen molar-refractivity contribution in [3.8, 4) is 0 Å². The molecule has 142 valence electrons. The summed E-state index contributed by atoms with van der Waals surface area (Å²) in [7, 11) is 2.18. The van der Waals surface area contributed by atoms with E-state index in [1.54, 1.807) is 0 Å². The Bertz CT molecular complexity index is 745. The maximum Gasteiger partial charge on any atom is 0.137 e. The number of alkyl halides is 1. The van der Waals surface area contributed by atoms with Crippen LogP contribution in [0, 0.1) is 5.92 Å². The first kappa shape index (κ1) is 20.7. The van der Waals surface area contributed by atoms with E-state index in [1.165, 1.54) is 17.7 Å². The topological polar surface area (TPSA) is 20.5 Å². The van der Waals surface area contributed by atoms with Gasteiger partial charge in [-0.3, -0.25) is 0 Å². The Morgan fingerprint density at radius 2 is 2.15 bits per heavy atom. The molecule has 2 aromatic rings. The highest BCUT2D eigenvalue weighted by molar-refractivity contribution is 6.22. The van der Waals surface area contributed by atoms with E-state index in [2.05, 4.69) is 68.1 Å². The monoisotopic (exact) mass is 373 g/mol. The van der Waals surface area contributed by atoms with Crippen LogP contribution in [-0.2, 0) is 13.0 Å². The molecule has 0 saturated heterocycles. The van der Waals surface area contributed by atoms with E-state index in [0.717, 1.165) is 37.3 Å². The molecule has 1 unspecified atom stereocenters. The molecule has 0 N–H and O–H groups in total. The fourth-order valence-electron chi connectivity index (χ4n) is 3.11. The van der Waals surface area contributed by atoms with Crippen molar-refractivity contribution in [2.45, 2.75) is 52.0 Å². The number of hydrogen-bond donors (Lipinski definition) is 0. The van der Waals surface area contributed by atoms with Crippen molar-refractivity contribution in [1.82, 2.24) is 14.3 Å². The fourth-order valence-corrected chi connectivity index (χ4v) is 3.44. The van der Waals surface area contributed by atoms with E-state index >= 15 is 0 Å². The van der Waals surface area contributed by atoms with Gasteiger partial charge in [0.25, 0.3) is 0 Å². The molecule has 0 aliphatic heterocycles. The van der Waals surface area contributed by atoms with Crippen LogP contribution in [0.25, 0.3) is 5.65 Å². The normalized spacial score (nSPS) is 13.7. The predicted octanol–water partition coefficient (Wildman–Crippen LogP) is 5.48. The average Bonchev–Trinajstić information content (AvgIpc) is 2.95. The third-order valence-corrected chi connectivity index (χ3v) is 5.20. The van der Waals surface area contributed by atoms with Gasteiger partial charge in [-0.25, -0.2) is 4.98 Å². The van der Waals surface area contributed by atoms with Crippen molar-refractivity contribution in [1.29, 1.82) is 0 Å². The first-order valence-corrected chi connectivity index (χ1v) is 9.93. The SMILES string of the molecule is C=CCC(Cl)/C(=C\C)Cc1c(CN(C)CCC(C)C)nc2ccccn12. The van der Waals surface area contributed by atoms with Gasteiger partial charge in [-0.2, -0.15) is 0 Å². The molecule has 0 radical (unpaired) electrons. The van der Waals surface area contributed by atoms with Crippen molar-refractivity contribution < 1.29 is 0 Å². The summed E-state index contributed by atoms with van der Waals surface area (Å²) < 4.78 is 2.20. The van der Waals surface area contributed by atoms with E-state index in [0.29, 0.717) is 5.92 Å². The summed E-state index contributed by atoms with van der Waals surface area (Å²) in [5.74, 6) is 0.712. The van der Waals surface area contributed by atoms with Crippen LogP contribution in [0.2, 0.25) is 0 Å². The van der Waals surface area contributed by atoms with Crippen LogP contribution in [0.15, 0.2) is 48.7 Å². The second-order valence-electron chi connectivity index (χ2n) is 7.39. The van der Waals surface area contributed by atoms with Crippen LogP contribution in [0.3, 0.4) is 0 Å². The lowest BCUT2D eigenvalue weighted by atomic mass is 10.0. The van der Waals surface area contributed by atoms with Gasteiger partial charge < -0.3 is 9.30 Å². The van der Waals surface area contributed by atoms with Crippen molar-refractivity contribution in [2.75, 3.05) is 13.6 Å². The Hall–Kier alpha value is -1.58. The van der Waals surface area contributed by atoms with Gasteiger partial charge in [-0.1, -0.05) is 37.6 Å². The number of allylic oxidation sites excluding steroid dienone is 3. The van der Waals surface area contributed by atoms with Gasteiger partial charge in [-0.05, 0) is 51.4 Å². The zero-order valence-corrected chi connectivity index (χ0v) is 17.3. The number of nitrogens with zero attached hydrogens (tertiary/aromatic N) is 3. The van der Waals surface area contributed by atoms with Crippen LogP contribution in [0.4, 0.5) is 0 Å². The number of pyridine rings is 1. The highest BCUT2D eigenvalue weighted by atomic mass is 35.5. The van der Waals surface area contributed by atoms with E-state index < -0.39 is 0 Å². The Morgan fingerprint density at radius 1 is 1.38 bits per heavy atom.